The first kappa shape index (κ1) is 23.8. The van der Waals surface area contributed by atoms with Gasteiger partial charge in [-0.15, -0.1) is 0 Å². The van der Waals surface area contributed by atoms with Gasteiger partial charge in [-0.05, 0) is 56.0 Å². The van der Waals surface area contributed by atoms with Crippen molar-refractivity contribution in [2.24, 2.45) is 0 Å². The molecule has 1 aliphatic heterocycles. The summed E-state index contributed by atoms with van der Waals surface area (Å²) < 4.78 is 33.8. The van der Waals surface area contributed by atoms with Gasteiger partial charge in [-0.2, -0.15) is 4.31 Å². The van der Waals surface area contributed by atoms with E-state index in [1.807, 2.05) is 19.1 Å². The number of carbonyl (C=O) groups is 2. The summed E-state index contributed by atoms with van der Waals surface area (Å²) in [6.45, 7) is 6.13. The third kappa shape index (κ3) is 5.50. The maximum atomic E-state index is 13.4. The minimum absolute atomic E-state index is 0.134. The van der Waals surface area contributed by atoms with E-state index >= 15 is 0 Å². The molecule has 0 bridgehead atoms. The molecule has 172 valence electrons. The van der Waals surface area contributed by atoms with Crippen LogP contribution in [0.1, 0.15) is 28.7 Å². The number of ether oxygens (including phenoxy) is 1. The number of rotatable bonds is 6. The molecule has 1 aliphatic rings. The summed E-state index contributed by atoms with van der Waals surface area (Å²) in [4.78, 5) is 28.5. The van der Waals surface area contributed by atoms with Crippen molar-refractivity contribution in [3.05, 3.63) is 58.9 Å². The van der Waals surface area contributed by atoms with Crippen molar-refractivity contribution in [1.82, 2.24) is 19.9 Å². The van der Waals surface area contributed by atoms with Crippen LogP contribution in [-0.4, -0.2) is 55.4 Å². The Bertz CT molecular complexity index is 1070. The number of amides is 2. The number of aryl methyl sites for hydroxylation is 3. The van der Waals surface area contributed by atoms with Gasteiger partial charge in [-0.25, -0.2) is 8.42 Å². The van der Waals surface area contributed by atoms with Crippen molar-refractivity contribution >= 4 is 21.8 Å². The lowest BCUT2D eigenvalue weighted by atomic mass is 10.1. The summed E-state index contributed by atoms with van der Waals surface area (Å²) in [5, 5.41) is 5.01. The molecule has 0 radical (unpaired) electrons. The molecule has 3 rings (SSSR count). The topological polar surface area (TPSA) is 118 Å². The van der Waals surface area contributed by atoms with Gasteiger partial charge in [0.05, 0.1) is 18.0 Å². The Labute approximate surface area is 188 Å². The van der Waals surface area contributed by atoms with E-state index in [2.05, 4.69) is 15.6 Å². The predicted molar refractivity (Wildman–Crippen MR) is 118 cm³/mol. The summed E-state index contributed by atoms with van der Waals surface area (Å²) in [7, 11) is -3.85. The van der Waals surface area contributed by atoms with Crippen molar-refractivity contribution < 1.29 is 22.7 Å². The fourth-order valence-electron chi connectivity index (χ4n) is 3.82. The molecule has 1 aromatic heterocycles. The standard InChI is InChI=1S/C22H28N4O5S/c1-15-11-16(2)20(17(3)12-15)32(29,30)26-9-4-10-31-19(26)14-25-22(28)21(27)24-13-18-5-7-23-8-6-18/h5-8,11-12,19H,4,9-10,13-14H2,1-3H3,(H,24,27)(H,25,28)/t19-/m0/s1. The molecule has 32 heavy (non-hydrogen) atoms. The average Bonchev–Trinajstić information content (AvgIpc) is 2.75. The molecule has 1 atom stereocenters. The molecule has 2 heterocycles. The van der Waals surface area contributed by atoms with Gasteiger partial charge in [-0.3, -0.25) is 14.6 Å². The Morgan fingerprint density at radius 3 is 2.38 bits per heavy atom. The number of pyridine rings is 1. The second kappa shape index (κ2) is 10.2. The van der Waals surface area contributed by atoms with Crippen LogP contribution in [0.25, 0.3) is 0 Å². The van der Waals surface area contributed by atoms with Gasteiger partial charge in [0.1, 0.15) is 6.23 Å². The second-order valence-corrected chi connectivity index (χ2v) is 9.60. The van der Waals surface area contributed by atoms with Crippen LogP contribution in [0.3, 0.4) is 0 Å². The first-order valence-electron chi connectivity index (χ1n) is 10.4. The molecule has 2 amide bonds. The van der Waals surface area contributed by atoms with Crippen molar-refractivity contribution in [3.63, 3.8) is 0 Å². The number of benzene rings is 1. The smallest absolute Gasteiger partial charge is 0.309 e. The molecular weight excluding hydrogens is 432 g/mol. The van der Waals surface area contributed by atoms with E-state index in [1.165, 1.54) is 4.31 Å². The second-order valence-electron chi connectivity index (χ2n) is 7.77. The highest BCUT2D eigenvalue weighted by molar-refractivity contribution is 7.89. The highest BCUT2D eigenvalue weighted by Gasteiger charge is 2.36. The normalized spacial score (nSPS) is 17.0. The minimum atomic E-state index is -3.85. The average molecular weight is 461 g/mol. The summed E-state index contributed by atoms with van der Waals surface area (Å²) in [5.41, 5.74) is 3.10. The lowest BCUT2D eigenvalue weighted by molar-refractivity contribution is -0.140. The third-order valence-electron chi connectivity index (χ3n) is 5.17. The molecule has 10 heteroatoms. The monoisotopic (exact) mass is 460 g/mol. The molecule has 0 saturated carbocycles. The first-order chi connectivity index (χ1) is 15.2. The molecule has 0 aliphatic carbocycles. The Kier molecular flexibility index (Phi) is 7.60. The minimum Gasteiger partial charge on any atom is -0.360 e. The van der Waals surface area contributed by atoms with Crippen molar-refractivity contribution in [1.29, 1.82) is 0 Å². The predicted octanol–water partition coefficient (Wildman–Crippen LogP) is 1.18. The third-order valence-corrected chi connectivity index (χ3v) is 7.37. The first-order valence-corrected chi connectivity index (χ1v) is 11.8. The molecule has 9 nitrogen and oxygen atoms in total. The molecule has 2 aromatic rings. The molecule has 1 saturated heterocycles. The molecular formula is C22H28N4O5S. The van der Waals surface area contributed by atoms with E-state index in [1.54, 1.807) is 38.4 Å². The van der Waals surface area contributed by atoms with Gasteiger partial charge in [0.25, 0.3) is 0 Å². The van der Waals surface area contributed by atoms with Crippen LogP contribution in [0.4, 0.5) is 0 Å². The van der Waals surface area contributed by atoms with Crippen LogP contribution in [0.2, 0.25) is 0 Å². The Hall–Kier alpha value is -2.82. The molecule has 1 fully saturated rings. The van der Waals surface area contributed by atoms with Crippen LogP contribution in [0, 0.1) is 20.8 Å². The summed E-state index contributed by atoms with van der Waals surface area (Å²) in [6.07, 6.45) is 2.83. The van der Waals surface area contributed by atoms with Gasteiger partial charge in [0.2, 0.25) is 10.0 Å². The van der Waals surface area contributed by atoms with Gasteiger partial charge >= 0.3 is 11.8 Å². The van der Waals surface area contributed by atoms with Gasteiger partial charge < -0.3 is 15.4 Å². The molecule has 0 unspecified atom stereocenters. The molecule has 2 N–H and O–H groups in total. The highest BCUT2D eigenvalue weighted by Crippen LogP contribution is 2.28. The Morgan fingerprint density at radius 1 is 1.09 bits per heavy atom. The summed E-state index contributed by atoms with van der Waals surface area (Å²) in [6, 6.07) is 7.11. The summed E-state index contributed by atoms with van der Waals surface area (Å²) >= 11 is 0. The highest BCUT2D eigenvalue weighted by atomic mass is 32.2. The molecule has 0 spiro atoms. The number of nitrogens with one attached hydrogen (secondary N) is 2. The maximum Gasteiger partial charge on any atom is 0.309 e. The van der Waals surface area contributed by atoms with Crippen molar-refractivity contribution in [2.75, 3.05) is 19.7 Å². The van der Waals surface area contributed by atoms with Crippen LogP contribution < -0.4 is 10.6 Å². The number of sulfonamides is 1. The number of carbonyl (C=O) groups excluding carboxylic acids is 2. The number of hydrogen-bond acceptors (Lipinski definition) is 6. The Morgan fingerprint density at radius 2 is 1.72 bits per heavy atom. The van der Waals surface area contributed by atoms with Crippen LogP contribution in [0.5, 0.6) is 0 Å². The lowest BCUT2D eigenvalue weighted by Gasteiger charge is -2.35. The maximum absolute atomic E-state index is 13.4. The van der Waals surface area contributed by atoms with Crippen molar-refractivity contribution in [2.45, 2.75) is 44.9 Å². The fourth-order valence-corrected chi connectivity index (χ4v) is 5.80. The quantitative estimate of drug-likeness (QED) is 0.625. The van der Waals surface area contributed by atoms with E-state index in [9.17, 15) is 18.0 Å². The van der Waals surface area contributed by atoms with Gasteiger partial charge in [-0.1, -0.05) is 17.7 Å². The van der Waals surface area contributed by atoms with Crippen LogP contribution >= 0.6 is 0 Å². The number of hydrogen-bond donors (Lipinski definition) is 2. The van der Waals surface area contributed by atoms with Crippen LogP contribution in [0.15, 0.2) is 41.6 Å². The largest absolute Gasteiger partial charge is 0.360 e. The van der Waals surface area contributed by atoms with Gasteiger partial charge in [0.15, 0.2) is 0 Å². The van der Waals surface area contributed by atoms with E-state index in [4.69, 9.17) is 4.74 Å². The van der Waals surface area contributed by atoms with E-state index in [-0.39, 0.29) is 24.5 Å². The lowest BCUT2D eigenvalue weighted by Crippen LogP contribution is -2.53. The van der Waals surface area contributed by atoms with E-state index in [0.29, 0.717) is 24.2 Å². The zero-order valence-corrected chi connectivity index (χ0v) is 19.2. The molecule has 1 aromatic carbocycles. The SMILES string of the molecule is Cc1cc(C)c(S(=O)(=O)N2CCCO[C@H]2CNC(=O)C(=O)NCc2ccncc2)c(C)c1. The van der Waals surface area contributed by atoms with Crippen LogP contribution in [-0.2, 0) is 30.9 Å². The number of aromatic nitrogens is 1. The van der Waals surface area contributed by atoms with Gasteiger partial charge in [0, 0.05) is 25.5 Å². The number of nitrogens with zero attached hydrogens (tertiary/aromatic N) is 2. The van der Waals surface area contributed by atoms with E-state index in [0.717, 1.165) is 11.1 Å². The van der Waals surface area contributed by atoms with Crippen molar-refractivity contribution in [3.8, 4) is 0 Å². The van der Waals surface area contributed by atoms with E-state index < -0.39 is 28.1 Å². The Balaban J connectivity index is 1.66. The summed E-state index contributed by atoms with van der Waals surface area (Å²) in [5.74, 6) is -1.66. The zero-order valence-electron chi connectivity index (χ0n) is 18.4. The zero-order chi connectivity index (χ0) is 23.3. The fraction of sp³-hybridized carbons (Fsp3) is 0.409.